The molecule has 4 rings (SSSR count). The highest BCUT2D eigenvalue weighted by molar-refractivity contribution is 7.92. The van der Waals surface area contributed by atoms with E-state index in [0.717, 1.165) is 16.4 Å². The summed E-state index contributed by atoms with van der Waals surface area (Å²) in [5, 5.41) is 0.893. The zero-order valence-electron chi connectivity index (χ0n) is 18.5. The lowest BCUT2D eigenvalue weighted by molar-refractivity contribution is 0.00578. The summed E-state index contributed by atoms with van der Waals surface area (Å²) in [6, 6.07) is 17.0. The van der Waals surface area contributed by atoms with Crippen LogP contribution in [-0.4, -0.2) is 38.0 Å². The highest BCUT2D eigenvalue weighted by Gasteiger charge is 2.51. The molecular formula is C23H27BN2O4S. The standard InChI is InChI=1S/C23H27BN2O4S/c1-22(2)23(3,4)30-24(29-22)19-13-11-17(12-14-19)16-26(31(5,27)28)20-10-6-8-18-9-7-15-25-21(18)20/h6-15H,16H2,1-5H3. The molecule has 0 spiro atoms. The largest absolute Gasteiger partial charge is 0.494 e. The lowest BCUT2D eigenvalue weighted by atomic mass is 9.79. The smallest absolute Gasteiger partial charge is 0.399 e. The number of nitrogens with zero attached hydrogens (tertiary/aromatic N) is 2. The molecule has 0 N–H and O–H groups in total. The molecule has 2 aromatic carbocycles. The van der Waals surface area contributed by atoms with Crippen molar-refractivity contribution >= 4 is 39.2 Å². The summed E-state index contributed by atoms with van der Waals surface area (Å²) in [4.78, 5) is 4.41. The molecule has 6 nitrogen and oxygen atoms in total. The SMILES string of the molecule is CC1(C)OB(c2ccc(CN(c3cccc4cccnc34)S(C)(=O)=O)cc2)OC1(C)C. The summed E-state index contributed by atoms with van der Waals surface area (Å²) in [6.07, 6.45) is 2.89. The number of para-hydroxylation sites is 1. The fourth-order valence-corrected chi connectivity index (χ4v) is 4.48. The Labute approximate surface area is 184 Å². The van der Waals surface area contributed by atoms with Crippen LogP contribution in [0, 0.1) is 0 Å². The van der Waals surface area contributed by atoms with Crippen LogP contribution in [0.3, 0.4) is 0 Å². The van der Waals surface area contributed by atoms with Crippen molar-refractivity contribution in [2.45, 2.75) is 45.4 Å². The molecule has 8 heteroatoms. The van der Waals surface area contributed by atoms with Crippen LogP contribution >= 0.6 is 0 Å². The number of sulfonamides is 1. The Kier molecular flexibility index (Phi) is 5.36. The Bertz CT molecular complexity index is 1190. The van der Waals surface area contributed by atoms with E-state index >= 15 is 0 Å². The molecule has 0 unspecified atom stereocenters. The van der Waals surface area contributed by atoms with E-state index in [2.05, 4.69) is 4.98 Å². The van der Waals surface area contributed by atoms with E-state index in [1.807, 2.05) is 76.2 Å². The number of aromatic nitrogens is 1. The minimum atomic E-state index is -3.52. The fraction of sp³-hybridized carbons (Fsp3) is 0.348. The van der Waals surface area contributed by atoms with E-state index in [0.29, 0.717) is 11.2 Å². The molecule has 3 aromatic rings. The average Bonchev–Trinajstić information content (AvgIpc) is 2.92. The van der Waals surface area contributed by atoms with Crippen LogP contribution in [0.25, 0.3) is 10.9 Å². The maximum atomic E-state index is 12.7. The summed E-state index contributed by atoms with van der Waals surface area (Å²) < 4.78 is 38.9. The van der Waals surface area contributed by atoms with Gasteiger partial charge in [0.2, 0.25) is 10.0 Å². The Balaban J connectivity index is 1.62. The molecule has 0 atom stereocenters. The Morgan fingerprint density at radius 3 is 2.16 bits per heavy atom. The normalized spacial score (nSPS) is 17.8. The van der Waals surface area contributed by atoms with E-state index in [1.54, 1.807) is 12.3 Å². The number of fused-ring (bicyclic) bond motifs is 1. The molecule has 0 aliphatic carbocycles. The molecular weight excluding hydrogens is 411 g/mol. The van der Waals surface area contributed by atoms with Crippen molar-refractivity contribution < 1.29 is 17.7 Å². The number of benzene rings is 2. The second-order valence-corrected chi connectivity index (χ2v) is 10.9. The van der Waals surface area contributed by atoms with Gasteiger partial charge in [0.1, 0.15) is 0 Å². The molecule has 1 aliphatic heterocycles. The van der Waals surface area contributed by atoms with Gasteiger partial charge in [-0.3, -0.25) is 9.29 Å². The average molecular weight is 438 g/mol. The quantitative estimate of drug-likeness (QED) is 0.571. The van der Waals surface area contributed by atoms with Gasteiger partial charge in [0.05, 0.1) is 35.2 Å². The Hall–Kier alpha value is -2.42. The summed E-state index contributed by atoms with van der Waals surface area (Å²) in [5.74, 6) is 0. The molecule has 162 valence electrons. The molecule has 1 fully saturated rings. The third-order valence-electron chi connectivity index (χ3n) is 6.11. The van der Waals surface area contributed by atoms with Gasteiger partial charge in [-0.05, 0) is 50.9 Å². The van der Waals surface area contributed by atoms with Crippen LogP contribution < -0.4 is 9.77 Å². The van der Waals surface area contributed by atoms with Crippen molar-refractivity contribution in [1.29, 1.82) is 0 Å². The van der Waals surface area contributed by atoms with E-state index in [9.17, 15) is 8.42 Å². The maximum absolute atomic E-state index is 12.7. The predicted molar refractivity (Wildman–Crippen MR) is 125 cm³/mol. The van der Waals surface area contributed by atoms with Crippen molar-refractivity contribution in [2.75, 3.05) is 10.6 Å². The monoisotopic (exact) mass is 438 g/mol. The first kappa shape index (κ1) is 21.8. The first-order chi connectivity index (χ1) is 14.5. The van der Waals surface area contributed by atoms with Crippen LogP contribution in [0.1, 0.15) is 33.3 Å². The van der Waals surface area contributed by atoms with Gasteiger partial charge in [-0.1, -0.05) is 42.5 Å². The van der Waals surface area contributed by atoms with E-state index in [1.165, 1.54) is 10.6 Å². The lowest BCUT2D eigenvalue weighted by Gasteiger charge is -2.32. The van der Waals surface area contributed by atoms with Gasteiger partial charge in [-0.15, -0.1) is 0 Å². The minimum absolute atomic E-state index is 0.207. The maximum Gasteiger partial charge on any atom is 0.494 e. The highest BCUT2D eigenvalue weighted by Crippen LogP contribution is 2.36. The summed E-state index contributed by atoms with van der Waals surface area (Å²) in [5.41, 5.74) is 2.16. The van der Waals surface area contributed by atoms with Crippen LogP contribution in [0.4, 0.5) is 5.69 Å². The van der Waals surface area contributed by atoms with Crippen molar-refractivity contribution in [3.8, 4) is 0 Å². The van der Waals surface area contributed by atoms with Crippen molar-refractivity contribution in [3.63, 3.8) is 0 Å². The van der Waals surface area contributed by atoms with Gasteiger partial charge < -0.3 is 9.31 Å². The van der Waals surface area contributed by atoms with Crippen LogP contribution in [0.5, 0.6) is 0 Å². The van der Waals surface area contributed by atoms with Gasteiger partial charge in [0.15, 0.2) is 0 Å². The molecule has 1 aromatic heterocycles. The van der Waals surface area contributed by atoms with Crippen LogP contribution in [0.2, 0.25) is 0 Å². The third kappa shape index (κ3) is 4.20. The molecule has 1 saturated heterocycles. The minimum Gasteiger partial charge on any atom is -0.399 e. The molecule has 0 radical (unpaired) electrons. The number of anilines is 1. The molecule has 31 heavy (non-hydrogen) atoms. The molecule has 0 saturated carbocycles. The predicted octanol–water partition coefficient (Wildman–Crippen LogP) is 3.50. The van der Waals surface area contributed by atoms with Gasteiger partial charge >= 0.3 is 7.12 Å². The van der Waals surface area contributed by atoms with Crippen molar-refractivity contribution in [1.82, 2.24) is 4.98 Å². The second-order valence-electron chi connectivity index (χ2n) is 8.95. The van der Waals surface area contributed by atoms with Gasteiger partial charge in [0.25, 0.3) is 0 Å². The highest BCUT2D eigenvalue weighted by atomic mass is 32.2. The number of hydrogen-bond donors (Lipinski definition) is 0. The first-order valence-electron chi connectivity index (χ1n) is 10.2. The molecule has 1 aliphatic rings. The fourth-order valence-electron chi connectivity index (χ4n) is 3.60. The zero-order chi connectivity index (χ0) is 22.4. The van der Waals surface area contributed by atoms with E-state index in [-0.39, 0.29) is 6.54 Å². The van der Waals surface area contributed by atoms with Gasteiger partial charge in [0, 0.05) is 11.6 Å². The first-order valence-corrected chi connectivity index (χ1v) is 12.1. The molecule has 0 bridgehead atoms. The van der Waals surface area contributed by atoms with E-state index < -0.39 is 28.3 Å². The van der Waals surface area contributed by atoms with Crippen molar-refractivity contribution in [3.05, 3.63) is 66.4 Å². The summed E-state index contributed by atoms with van der Waals surface area (Å²) >= 11 is 0. The lowest BCUT2D eigenvalue weighted by Crippen LogP contribution is -2.41. The van der Waals surface area contributed by atoms with Gasteiger partial charge in [-0.25, -0.2) is 8.42 Å². The Morgan fingerprint density at radius 1 is 0.935 bits per heavy atom. The number of pyridine rings is 1. The molecule has 0 amide bonds. The van der Waals surface area contributed by atoms with Crippen molar-refractivity contribution in [2.24, 2.45) is 0 Å². The third-order valence-corrected chi connectivity index (χ3v) is 7.24. The van der Waals surface area contributed by atoms with Gasteiger partial charge in [-0.2, -0.15) is 0 Å². The second kappa shape index (κ2) is 7.62. The van der Waals surface area contributed by atoms with E-state index in [4.69, 9.17) is 9.31 Å². The summed E-state index contributed by atoms with van der Waals surface area (Å²) in [7, 11) is -3.97. The topological polar surface area (TPSA) is 68.7 Å². The Morgan fingerprint density at radius 2 is 1.55 bits per heavy atom. The van der Waals surface area contributed by atoms with Crippen LogP contribution in [0.15, 0.2) is 60.8 Å². The summed E-state index contributed by atoms with van der Waals surface area (Å²) in [6.45, 7) is 8.28. The number of rotatable bonds is 5. The zero-order valence-corrected chi connectivity index (χ0v) is 19.3. The van der Waals surface area contributed by atoms with Crippen LogP contribution in [-0.2, 0) is 25.9 Å². The number of hydrogen-bond acceptors (Lipinski definition) is 5. The molecule has 2 heterocycles.